The summed E-state index contributed by atoms with van der Waals surface area (Å²) in [4.78, 5) is 0. The van der Waals surface area contributed by atoms with Crippen LogP contribution in [0, 0.1) is 0 Å². The number of halogens is 1. The molecule has 2 nitrogen and oxygen atoms in total. The van der Waals surface area contributed by atoms with Crippen LogP contribution in [0.1, 0.15) is 40.0 Å². The highest BCUT2D eigenvalue weighted by atomic mass is 79.9. The molecule has 0 atom stereocenters. The Hall–Kier alpha value is -0.583. The minimum atomic E-state index is -1.66. The van der Waals surface area contributed by atoms with Crippen molar-refractivity contribution in [3.63, 3.8) is 0 Å². The average Bonchev–Trinajstić information content (AvgIpc) is 2.48. The zero-order chi connectivity index (χ0) is 17.3. The van der Waals surface area contributed by atoms with Gasteiger partial charge in [0.05, 0.1) is 13.2 Å². The van der Waals surface area contributed by atoms with E-state index < -0.39 is 8.32 Å². The van der Waals surface area contributed by atoms with E-state index in [2.05, 4.69) is 55.9 Å². The van der Waals surface area contributed by atoms with E-state index in [1.807, 2.05) is 30.3 Å². The molecule has 0 fully saturated rings. The first kappa shape index (κ1) is 20.5. The molecule has 1 rings (SSSR count). The largest absolute Gasteiger partial charge is 0.494 e. The molecule has 0 spiro atoms. The van der Waals surface area contributed by atoms with E-state index in [4.69, 9.17) is 9.16 Å². The summed E-state index contributed by atoms with van der Waals surface area (Å²) < 4.78 is 13.0. The zero-order valence-corrected chi connectivity index (χ0v) is 17.8. The van der Waals surface area contributed by atoms with Crippen molar-refractivity contribution in [1.82, 2.24) is 0 Å². The summed E-state index contributed by atoms with van der Waals surface area (Å²) in [6, 6.07) is 9.99. The number of hydrogen-bond acceptors (Lipinski definition) is 2. The van der Waals surface area contributed by atoms with E-state index in [0.717, 1.165) is 36.1 Å². The molecule has 0 saturated heterocycles. The lowest BCUT2D eigenvalue weighted by Gasteiger charge is -2.36. The molecule has 0 radical (unpaired) electrons. The maximum Gasteiger partial charge on any atom is 0.192 e. The minimum absolute atomic E-state index is 0.259. The fourth-order valence-corrected chi connectivity index (χ4v) is 3.24. The van der Waals surface area contributed by atoms with Crippen LogP contribution in [0.4, 0.5) is 0 Å². The van der Waals surface area contributed by atoms with E-state index in [-0.39, 0.29) is 5.04 Å². The molecule has 0 aliphatic rings. The third-order valence-electron chi connectivity index (χ3n) is 4.35. The van der Waals surface area contributed by atoms with Crippen LogP contribution >= 0.6 is 15.9 Å². The molecule has 0 saturated carbocycles. The van der Waals surface area contributed by atoms with Gasteiger partial charge in [0, 0.05) is 4.48 Å². The Morgan fingerprint density at radius 2 is 1.78 bits per heavy atom. The summed E-state index contributed by atoms with van der Waals surface area (Å²) in [5.74, 6) is 0.951. The fraction of sp³-hybridized carbons (Fsp3) is 0.579. The van der Waals surface area contributed by atoms with Gasteiger partial charge in [0.25, 0.3) is 0 Å². The summed E-state index contributed by atoms with van der Waals surface area (Å²) in [7, 11) is -1.66. The molecule has 0 N–H and O–H groups in total. The van der Waals surface area contributed by atoms with Gasteiger partial charge in [-0.3, -0.25) is 0 Å². The number of ether oxygens (including phenoxy) is 1. The molecule has 0 aliphatic heterocycles. The van der Waals surface area contributed by atoms with E-state index in [1.165, 1.54) is 0 Å². The lowest BCUT2D eigenvalue weighted by molar-refractivity contribution is 0.307. The van der Waals surface area contributed by atoms with Crippen LogP contribution in [-0.2, 0) is 4.43 Å². The van der Waals surface area contributed by atoms with Crippen molar-refractivity contribution < 1.29 is 9.16 Å². The van der Waals surface area contributed by atoms with Gasteiger partial charge in [-0.15, -0.1) is 0 Å². The second-order valence-corrected chi connectivity index (χ2v) is 13.2. The quantitative estimate of drug-likeness (QED) is 0.347. The van der Waals surface area contributed by atoms with Crippen LogP contribution in [0.25, 0.3) is 0 Å². The van der Waals surface area contributed by atoms with Gasteiger partial charge in [-0.2, -0.15) is 0 Å². The highest BCUT2D eigenvalue weighted by molar-refractivity contribution is 9.11. The molecule has 0 aliphatic carbocycles. The van der Waals surface area contributed by atoms with Crippen LogP contribution < -0.4 is 4.74 Å². The van der Waals surface area contributed by atoms with E-state index >= 15 is 0 Å². The van der Waals surface area contributed by atoms with E-state index in [9.17, 15) is 0 Å². The van der Waals surface area contributed by atoms with Gasteiger partial charge in [-0.25, -0.2) is 0 Å². The van der Waals surface area contributed by atoms with Crippen LogP contribution in [0.5, 0.6) is 5.75 Å². The molecule has 1 aromatic carbocycles. The smallest absolute Gasteiger partial charge is 0.192 e. The third kappa shape index (κ3) is 8.18. The van der Waals surface area contributed by atoms with Gasteiger partial charge in [0.2, 0.25) is 0 Å². The number of para-hydroxylation sites is 1. The van der Waals surface area contributed by atoms with Gasteiger partial charge in [0.1, 0.15) is 5.75 Å². The van der Waals surface area contributed by atoms with Gasteiger partial charge in [-0.05, 0) is 49.5 Å². The number of rotatable bonds is 9. The summed E-state index contributed by atoms with van der Waals surface area (Å²) in [5.41, 5.74) is 0. The van der Waals surface area contributed by atoms with Crippen molar-refractivity contribution >= 4 is 24.2 Å². The highest BCUT2D eigenvalue weighted by Crippen LogP contribution is 2.36. The maximum absolute atomic E-state index is 6.19. The number of unbranched alkanes of at least 4 members (excludes halogenated alkanes) is 2. The van der Waals surface area contributed by atoms with Crippen molar-refractivity contribution in [2.75, 3.05) is 13.2 Å². The van der Waals surface area contributed by atoms with Crippen molar-refractivity contribution in [1.29, 1.82) is 0 Å². The van der Waals surface area contributed by atoms with Crippen molar-refractivity contribution in [3.8, 4) is 5.75 Å². The normalized spacial score (nSPS) is 13.2. The Labute approximate surface area is 151 Å². The van der Waals surface area contributed by atoms with Crippen LogP contribution in [0.15, 0.2) is 40.9 Å². The average molecular weight is 399 g/mol. The third-order valence-corrected chi connectivity index (χ3v) is 9.38. The SMILES string of the molecule is CC(C)(C)[Si](C)(C)OC/C(Br)=C\CCCCOc1ccccc1. The molecule has 0 amide bonds. The number of allylic oxidation sites excluding steroid dienone is 1. The predicted molar refractivity (Wildman–Crippen MR) is 106 cm³/mol. The monoisotopic (exact) mass is 398 g/mol. The number of hydrogen-bond donors (Lipinski definition) is 0. The topological polar surface area (TPSA) is 18.5 Å². The summed E-state index contributed by atoms with van der Waals surface area (Å²) in [6.45, 7) is 12.8. The molecule has 1 aromatic rings. The second-order valence-electron chi connectivity index (χ2n) is 7.36. The Morgan fingerprint density at radius 1 is 1.13 bits per heavy atom. The molecular formula is C19H31BrO2Si. The van der Waals surface area contributed by atoms with Gasteiger partial charge < -0.3 is 9.16 Å². The van der Waals surface area contributed by atoms with Crippen molar-refractivity contribution in [2.45, 2.75) is 58.2 Å². The Morgan fingerprint density at radius 3 is 2.39 bits per heavy atom. The second kappa shape index (κ2) is 9.65. The van der Waals surface area contributed by atoms with Crippen molar-refractivity contribution in [2.24, 2.45) is 0 Å². The summed E-state index contributed by atoms with van der Waals surface area (Å²) in [6.07, 6.45) is 5.48. The Balaban J connectivity index is 2.17. The fourth-order valence-electron chi connectivity index (χ4n) is 1.74. The molecule has 130 valence electrons. The van der Waals surface area contributed by atoms with Crippen LogP contribution in [0.3, 0.4) is 0 Å². The first-order chi connectivity index (χ1) is 10.7. The van der Waals surface area contributed by atoms with Gasteiger partial charge >= 0.3 is 0 Å². The molecule has 0 aromatic heterocycles. The maximum atomic E-state index is 6.19. The first-order valence-corrected chi connectivity index (χ1v) is 12.1. The standard InChI is InChI=1S/C19H31BrO2Si/c1-19(2,3)23(4,5)22-16-17(20)12-8-7-11-15-21-18-13-9-6-10-14-18/h6,9-10,12-14H,7-8,11,15-16H2,1-5H3/b17-12+. The van der Waals surface area contributed by atoms with Crippen LogP contribution in [0.2, 0.25) is 18.1 Å². The highest BCUT2D eigenvalue weighted by Gasteiger charge is 2.37. The predicted octanol–water partition coefficient (Wildman–Crippen LogP) is 6.54. The molecule has 0 heterocycles. The summed E-state index contributed by atoms with van der Waals surface area (Å²) >= 11 is 3.63. The Kier molecular flexibility index (Phi) is 8.58. The van der Waals surface area contributed by atoms with Gasteiger partial charge in [-0.1, -0.05) is 61.0 Å². The lowest BCUT2D eigenvalue weighted by Crippen LogP contribution is -2.41. The molecule has 0 unspecified atom stereocenters. The van der Waals surface area contributed by atoms with E-state index in [1.54, 1.807) is 0 Å². The molecular weight excluding hydrogens is 368 g/mol. The molecule has 4 heteroatoms. The number of benzene rings is 1. The van der Waals surface area contributed by atoms with Crippen molar-refractivity contribution in [3.05, 3.63) is 40.9 Å². The van der Waals surface area contributed by atoms with Gasteiger partial charge in [0.15, 0.2) is 8.32 Å². The zero-order valence-electron chi connectivity index (χ0n) is 15.2. The van der Waals surface area contributed by atoms with E-state index in [0.29, 0.717) is 6.61 Å². The lowest BCUT2D eigenvalue weighted by atomic mass is 10.2. The van der Waals surface area contributed by atoms with Crippen LogP contribution in [-0.4, -0.2) is 21.5 Å². The minimum Gasteiger partial charge on any atom is -0.494 e. The Bertz CT molecular complexity index is 478. The summed E-state index contributed by atoms with van der Waals surface area (Å²) in [5, 5.41) is 0.259. The molecule has 0 bridgehead atoms. The first-order valence-electron chi connectivity index (χ1n) is 8.39. The molecule has 23 heavy (non-hydrogen) atoms.